The van der Waals surface area contributed by atoms with Crippen LogP contribution in [0.15, 0.2) is 49.2 Å². The molecule has 1 unspecified atom stereocenters. The van der Waals surface area contributed by atoms with E-state index in [1.54, 1.807) is 17.1 Å². The number of aryl methyl sites for hydroxylation is 1. The van der Waals surface area contributed by atoms with Gasteiger partial charge in [-0.3, -0.25) is 4.79 Å². The second-order valence-corrected chi connectivity index (χ2v) is 6.28. The number of rotatable bonds is 3. The second-order valence-electron chi connectivity index (χ2n) is 6.28. The molecule has 25 heavy (non-hydrogen) atoms. The molecule has 1 atom stereocenters. The van der Waals surface area contributed by atoms with Crippen molar-refractivity contribution in [3.8, 4) is 5.82 Å². The van der Waals surface area contributed by atoms with Crippen LogP contribution in [0.3, 0.4) is 0 Å². The van der Waals surface area contributed by atoms with Crippen molar-refractivity contribution in [1.29, 1.82) is 0 Å². The van der Waals surface area contributed by atoms with Crippen LogP contribution in [0.5, 0.6) is 0 Å². The van der Waals surface area contributed by atoms with Crippen molar-refractivity contribution in [3.05, 3.63) is 60.6 Å². The van der Waals surface area contributed by atoms with Gasteiger partial charge in [0.25, 0.3) is 5.91 Å². The fourth-order valence-electron chi connectivity index (χ4n) is 3.37. The van der Waals surface area contributed by atoms with Gasteiger partial charge < -0.3 is 9.47 Å². The Bertz CT molecular complexity index is 852. The van der Waals surface area contributed by atoms with E-state index >= 15 is 0 Å². The van der Waals surface area contributed by atoms with Crippen LogP contribution in [0.25, 0.3) is 5.82 Å². The van der Waals surface area contributed by atoms with Gasteiger partial charge in [-0.2, -0.15) is 5.10 Å². The number of carbonyl (C=O) groups excluding carboxylic acids is 1. The standard InChI is InChI=1S/C18H20N6O/c1-14-19-8-11-23(14)16-4-2-9-22(13-16)18(25)15-5-6-17(20-12-15)24-10-3-7-21-24/h3,5-8,10-12,16H,2,4,9,13H2,1H3. The minimum atomic E-state index is 0.0296. The maximum Gasteiger partial charge on any atom is 0.255 e. The van der Waals surface area contributed by atoms with Crippen LogP contribution in [0, 0.1) is 6.92 Å². The second kappa shape index (κ2) is 6.51. The van der Waals surface area contributed by atoms with Crippen LogP contribution in [0.2, 0.25) is 0 Å². The predicted octanol–water partition coefficient (Wildman–Crippen LogP) is 2.25. The van der Waals surface area contributed by atoms with Crippen molar-refractivity contribution < 1.29 is 4.79 Å². The van der Waals surface area contributed by atoms with Crippen LogP contribution in [-0.2, 0) is 0 Å². The zero-order chi connectivity index (χ0) is 17.2. The first-order chi connectivity index (χ1) is 12.2. The number of carbonyl (C=O) groups is 1. The van der Waals surface area contributed by atoms with Crippen LogP contribution < -0.4 is 0 Å². The molecule has 0 bridgehead atoms. The Balaban J connectivity index is 1.49. The van der Waals surface area contributed by atoms with E-state index in [-0.39, 0.29) is 11.9 Å². The molecule has 0 aromatic carbocycles. The highest BCUT2D eigenvalue weighted by atomic mass is 16.2. The lowest BCUT2D eigenvalue weighted by atomic mass is 10.0. The van der Waals surface area contributed by atoms with Gasteiger partial charge in [0.2, 0.25) is 0 Å². The van der Waals surface area contributed by atoms with Gasteiger partial charge in [-0.05, 0) is 38.0 Å². The first kappa shape index (κ1) is 15.6. The monoisotopic (exact) mass is 336 g/mol. The third-order valence-corrected chi connectivity index (χ3v) is 4.67. The van der Waals surface area contributed by atoms with Gasteiger partial charge in [0.15, 0.2) is 5.82 Å². The Kier molecular flexibility index (Phi) is 4.05. The summed E-state index contributed by atoms with van der Waals surface area (Å²) < 4.78 is 3.84. The largest absolute Gasteiger partial charge is 0.337 e. The molecular weight excluding hydrogens is 316 g/mol. The number of nitrogens with zero attached hydrogens (tertiary/aromatic N) is 6. The van der Waals surface area contributed by atoms with Gasteiger partial charge in [0.1, 0.15) is 5.82 Å². The zero-order valence-corrected chi connectivity index (χ0v) is 14.1. The van der Waals surface area contributed by atoms with E-state index in [2.05, 4.69) is 19.6 Å². The van der Waals surface area contributed by atoms with Gasteiger partial charge >= 0.3 is 0 Å². The molecule has 1 fully saturated rings. The van der Waals surface area contributed by atoms with Crippen LogP contribution in [0.1, 0.15) is 35.1 Å². The van der Waals surface area contributed by atoms with Crippen molar-refractivity contribution in [1.82, 2.24) is 29.2 Å². The lowest BCUT2D eigenvalue weighted by Crippen LogP contribution is -2.40. The van der Waals surface area contributed by atoms with Crippen molar-refractivity contribution in [2.75, 3.05) is 13.1 Å². The summed E-state index contributed by atoms with van der Waals surface area (Å²) in [5.41, 5.74) is 0.610. The lowest BCUT2D eigenvalue weighted by molar-refractivity contribution is 0.0678. The Morgan fingerprint density at radius 3 is 2.80 bits per heavy atom. The molecule has 1 aliphatic heterocycles. The average molecular weight is 336 g/mol. The summed E-state index contributed by atoms with van der Waals surface area (Å²) in [6, 6.07) is 5.77. The smallest absolute Gasteiger partial charge is 0.255 e. The first-order valence-corrected chi connectivity index (χ1v) is 8.47. The summed E-state index contributed by atoms with van der Waals surface area (Å²) in [7, 11) is 0. The van der Waals surface area contributed by atoms with Gasteiger partial charge in [-0.1, -0.05) is 0 Å². The maximum absolute atomic E-state index is 12.8. The maximum atomic E-state index is 12.8. The van der Waals surface area contributed by atoms with Gasteiger partial charge in [0.05, 0.1) is 11.6 Å². The third-order valence-electron chi connectivity index (χ3n) is 4.67. The molecular formula is C18H20N6O. The van der Waals surface area contributed by atoms with Crippen LogP contribution in [0.4, 0.5) is 0 Å². The molecule has 4 rings (SSSR count). The van der Waals surface area contributed by atoms with E-state index in [1.807, 2.05) is 48.6 Å². The molecule has 128 valence electrons. The van der Waals surface area contributed by atoms with Crippen molar-refractivity contribution >= 4 is 5.91 Å². The van der Waals surface area contributed by atoms with E-state index < -0.39 is 0 Å². The van der Waals surface area contributed by atoms with E-state index in [4.69, 9.17) is 0 Å². The Labute approximate surface area is 145 Å². The number of likely N-dealkylation sites (tertiary alicyclic amines) is 1. The van der Waals surface area contributed by atoms with E-state index in [1.165, 1.54) is 0 Å². The molecule has 7 nitrogen and oxygen atoms in total. The number of hydrogen-bond donors (Lipinski definition) is 0. The fraction of sp³-hybridized carbons (Fsp3) is 0.333. The molecule has 0 saturated carbocycles. The molecule has 3 aromatic heterocycles. The highest BCUT2D eigenvalue weighted by Gasteiger charge is 2.26. The van der Waals surface area contributed by atoms with E-state index in [9.17, 15) is 4.79 Å². The molecule has 1 saturated heterocycles. The summed E-state index contributed by atoms with van der Waals surface area (Å²) >= 11 is 0. The molecule has 3 aromatic rings. The van der Waals surface area contributed by atoms with Crippen molar-refractivity contribution in [2.24, 2.45) is 0 Å². The summed E-state index contributed by atoms with van der Waals surface area (Å²) in [4.78, 5) is 23.4. The number of piperidine rings is 1. The summed E-state index contributed by atoms with van der Waals surface area (Å²) in [5, 5.41) is 4.15. The van der Waals surface area contributed by atoms with E-state index in [0.717, 1.165) is 25.2 Å². The zero-order valence-electron chi connectivity index (χ0n) is 14.1. The first-order valence-electron chi connectivity index (χ1n) is 8.47. The fourth-order valence-corrected chi connectivity index (χ4v) is 3.37. The Morgan fingerprint density at radius 2 is 2.12 bits per heavy atom. The highest BCUT2D eigenvalue weighted by molar-refractivity contribution is 5.94. The number of pyridine rings is 1. The molecule has 4 heterocycles. The van der Waals surface area contributed by atoms with Crippen LogP contribution >= 0.6 is 0 Å². The molecule has 0 spiro atoms. The SMILES string of the molecule is Cc1nccn1C1CCCN(C(=O)c2ccc(-n3cccn3)nc2)C1. The van der Waals surface area contributed by atoms with Gasteiger partial charge in [-0.15, -0.1) is 0 Å². The quantitative estimate of drug-likeness (QED) is 0.736. The number of aromatic nitrogens is 5. The molecule has 1 amide bonds. The predicted molar refractivity (Wildman–Crippen MR) is 92.5 cm³/mol. The Hall–Kier alpha value is -2.96. The molecule has 0 N–H and O–H groups in total. The topological polar surface area (TPSA) is 68.8 Å². The highest BCUT2D eigenvalue weighted by Crippen LogP contribution is 2.24. The number of hydrogen-bond acceptors (Lipinski definition) is 4. The molecule has 0 radical (unpaired) electrons. The van der Waals surface area contributed by atoms with Gasteiger partial charge in [-0.25, -0.2) is 14.6 Å². The van der Waals surface area contributed by atoms with Crippen molar-refractivity contribution in [3.63, 3.8) is 0 Å². The number of imidazole rings is 1. The summed E-state index contributed by atoms with van der Waals surface area (Å²) in [6.07, 6.45) is 11.0. The molecule has 7 heteroatoms. The summed E-state index contributed by atoms with van der Waals surface area (Å²) in [6.45, 7) is 3.49. The van der Waals surface area contributed by atoms with E-state index in [0.29, 0.717) is 17.9 Å². The average Bonchev–Trinajstić information content (AvgIpc) is 3.33. The minimum Gasteiger partial charge on any atom is -0.337 e. The molecule has 1 aliphatic rings. The third kappa shape index (κ3) is 3.05. The van der Waals surface area contributed by atoms with Crippen molar-refractivity contribution in [2.45, 2.75) is 25.8 Å². The lowest BCUT2D eigenvalue weighted by Gasteiger charge is -2.34. The minimum absolute atomic E-state index is 0.0296. The van der Waals surface area contributed by atoms with Crippen LogP contribution in [-0.4, -0.2) is 48.2 Å². The summed E-state index contributed by atoms with van der Waals surface area (Å²) in [5.74, 6) is 1.72. The van der Waals surface area contributed by atoms with Gasteiger partial charge in [0, 0.05) is 44.1 Å². The number of amides is 1. The molecule has 0 aliphatic carbocycles. The Morgan fingerprint density at radius 1 is 1.20 bits per heavy atom. The normalized spacial score (nSPS) is 17.6.